The first kappa shape index (κ1) is 15.7. The van der Waals surface area contributed by atoms with Crippen LogP contribution in [-0.2, 0) is 9.59 Å². The summed E-state index contributed by atoms with van der Waals surface area (Å²) in [5.41, 5.74) is 0.153. The molecule has 1 atom stereocenters. The minimum Gasteiger partial charge on any atom is -0.480 e. The second kappa shape index (κ2) is 6.18. The maximum atomic E-state index is 12.0. The first-order valence-electron chi connectivity index (χ1n) is 5.40. The summed E-state index contributed by atoms with van der Waals surface area (Å²) in [6.45, 7) is 0. The number of halogens is 3. The molecule has 1 aromatic rings. The van der Waals surface area contributed by atoms with E-state index in [-0.39, 0.29) is 5.56 Å². The Morgan fingerprint density at radius 2 is 1.70 bits per heavy atom. The van der Waals surface area contributed by atoms with Crippen molar-refractivity contribution < 1.29 is 32.7 Å². The minimum atomic E-state index is -5.20. The van der Waals surface area contributed by atoms with Gasteiger partial charge >= 0.3 is 18.1 Å². The van der Waals surface area contributed by atoms with Crippen molar-refractivity contribution >= 4 is 17.7 Å². The normalized spacial score (nSPS) is 12.6. The molecule has 0 aromatic heterocycles. The zero-order valence-electron chi connectivity index (χ0n) is 9.98. The van der Waals surface area contributed by atoms with E-state index in [0.29, 0.717) is 0 Å². The lowest BCUT2D eigenvalue weighted by molar-refractivity contribution is -0.175. The average molecular weight is 289 g/mol. The molecule has 0 saturated heterocycles. The number of carboxylic acid groups (broad SMARTS) is 1. The summed E-state index contributed by atoms with van der Waals surface area (Å²) < 4.78 is 36.1. The number of nitrogens with one attached hydrogen (secondary N) is 1. The predicted molar refractivity (Wildman–Crippen MR) is 61.0 cm³/mol. The van der Waals surface area contributed by atoms with E-state index in [1.54, 1.807) is 6.07 Å². The highest BCUT2D eigenvalue weighted by atomic mass is 19.4. The van der Waals surface area contributed by atoms with Crippen LogP contribution in [0.15, 0.2) is 30.3 Å². The zero-order chi connectivity index (χ0) is 15.3. The Morgan fingerprint density at radius 1 is 1.15 bits per heavy atom. The van der Waals surface area contributed by atoms with Gasteiger partial charge in [-0.25, -0.2) is 4.79 Å². The number of hydrogen-bond donors (Lipinski definition) is 2. The smallest absolute Gasteiger partial charge is 0.471 e. The van der Waals surface area contributed by atoms with Crippen molar-refractivity contribution in [1.29, 1.82) is 0 Å². The van der Waals surface area contributed by atoms with Gasteiger partial charge in [-0.3, -0.25) is 9.59 Å². The Labute approximate surface area is 111 Å². The lowest BCUT2D eigenvalue weighted by Gasteiger charge is -2.15. The molecule has 0 saturated carbocycles. The van der Waals surface area contributed by atoms with Crippen LogP contribution in [-0.4, -0.2) is 35.0 Å². The van der Waals surface area contributed by atoms with Gasteiger partial charge in [0.05, 0.1) is 0 Å². The molecule has 0 unspecified atom stereocenters. The van der Waals surface area contributed by atoms with Crippen LogP contribution in [0.2, 0.25) is 0 Å². The first-order chi connectivity index (χ1) is 9.21. The topological polar surface area (TPSA) is 83.5 Å². The van der Waals surface area contributed by atoms with Crippen LogP contribution in [0.4, 0.5) is 13.2 Å². The van der Waals surface area contributed by atoms with Gasteiger partial charge in [0.2, 0.25) is 0 Å². The molecule has 2 N–H and O–H groups in total. The highest BCUT2D eigenvalue weighted by Crippen LogP contribution is 2.15. The maximum Gasteiger partial charge on any atom is 0.471 e. The van der Waals surface area contributed by atoms with Crippen molar-refractivity contribution in [2.45, 2.75) is 18.6 Å². The van der Waals surface area contributed by atoms with Gasteiger partial charge in [-0.2, -0.15) is 13.2 Å². The Hall–Kier alpha value is -2.38. The van der Waals surface area contributed by atoms with Crippen LogP contribution in [0.3, 0.4) is 0 Å². The number of hydrogen-bond acceptors (Lipinski definition) is 3. The van der Waals surface area contributed by atoms with Gasteiger partial charge < -0.3 is 10.4 Å². The molecule has 0 heterocycles. The van der Waals surface area contributed by atoms with Crippen LogP contribution in [0.25, 0.3) is 0 Å². The molecule has 0 radical (unpaired) electrons. The molecule has 1 aromatic carbocycles. The van der Waals surface area contributed by atoms with E-state index >= 15 is 0 Å². The molecule has 0 fully saturated rings. The number of carbonyl (C=O) groups excluding carboxylic acids is 2. The summed E-state index contributed by atoms with van der Waals surface area (Å²) in [5.74, 6) is -4.79. The molecule has 20 heavy (non-hydrogen) atoms. The van der Waals surface area contributed by atoms with Gasteiger partial charge in [-0.05, 0) is 0 Å². The molecule has 0 aliphatic rings. The molecule has 0 bridgehead atoms. The second-order valence-corrected chi connectivity index (χ2v) is 3.86. The van der Waals surface area contributed by atoms with Crippen LogP contribution >= 0.6 is 0 Å². The minimum absolute atomic E-state index is 0.153. The quantitative estimate of drug-likeness (QED) is 0.802. The molecule has 0 aliphatic carbocycles. The number of carboxylic acids is 1. The number of Topliss-reactive ketones (excluding diaryl/α,β-unsaturated/α-hetero) is 1. The van der Waals surface area contributed by atoms with Crippen molar-refractivity contribution in [1.82, 2.24) is 5.32 Å². The molecule has 5 nitrogen and oxygen atoms in total. The van der Waals surface area contributed by atoms with Crippen molar-refractivity contribution in [3.8, 4) is 0 Å². The summed E-state index contributed by atoms with van der Waals surface area (Å²) in [7, 11) is 0. The summed E-state index contributed by atoms with van der Waals surface area (Å²) in [6, 6.07) is 5.53. The highest BCUT2D eigenvalue weighted by Gasteiger charge is 2.41. The molecule has 8 heteroatoms. The molecule has 0 aliphatic heterocycles. The van der Waals surface area contributed by atoms with Crippen molar-refractivity contribution in [2.24, 2.45) is 0 Å². The number of amides is 1. The molecule has 0 spiro atoms. The van der Waals surface area contributed by atoms with E-state index in [1.807, 2.05) is 0 Å². The number of ketones is 1. The molecule has 1 rings (SSSR count). The fourth-order valence-electron chi connectivity index (χ4n) is 1.37. The van der Waals surface area contributed by atoms with E-state index in [0.717, 1.165) is 0 Å². The van der Waals surface area contributed by atoms with Crippen molar-refractivity contribution in [2.75, 3.05) is 0 Å². The number of carbonyl (C=O) groups is 3. The second-order valence-electron chi connectivity index (χ2n) is 3.86. The third-order valence-corrected chi connectivity index (χ3v) is 2.35. The fourth-order valence-corrected chi connectivity index (χ4v) is 1.37. The largest absolute Gasteiger partial charge is 0.480 e. The average Bonchev–Trinajstić information content (AvgIpc) is 2.37. The number of aliphatic carboxylic acids is 1. The van der Waals surface area contributed by atoms with Crippen LogP contribution in [0.5, 0.6) is 0 Å². The SMILES string of the molecule is O=C(C[C@H](NC(=O)C(F)(F)F)C(=O)O)c1ccccc1. The molecule has 108 valence electrons. The van der Waals surface area contributed by atoms with Gasteiger partial charge in [0.25, 0.3) is 0 Å². The summed E-state index contributed by atoms with van der Waals surface area (Å²) >= 11 is 0. The number of rotatable bonds is 5. The molecular weight excluding hydrogens is 279 g/mol. The van der Waals surface area contributed by atoms with E-state index in [4.69, 9.17) is 5.11 Å². The van der Waals surface area contributed by atoms with E-state index in [1.165, 1.54) is 29.6 Å². The van der Waals surface area contributed by atoms with Gasteiger partial charge in [-0.1, -0.05) is 30.3 Å². The van der Waals surface area contributed by atoms with Gasteiger partial charge in [-0.15, -0.1) is 0 Å². The fraction of sp³-hybridized carbons (Fsp3) is 0.250. The lowest BCUT2D eigenvalue weighted by atomic mass is 10.0. The van der Waals surface area contributed by atoms with Gasteiger partial charge in [0.1, 0.15) is 6.04 Å². The third-order valence-electron chi connectivity index (χ3n) is 2.35. The Bertz CT molecular complexity index is 513. The van der Waals surface area contributed by atoms with Gasteiger partial charge in [0, 0.05) is 12.0 Å². The predicted octanol–water partition coefficient (Wildman–Crippen LogP) is 1.39. The van der Waals surface area contributed by atoms with E-state index in [9.17, 15) is 27.6 Å². The van der Waals surface area contributed by atoms with Crippen LogP contribution < -0.4 is 5.32 Å². The monoisotopic (exact) mass is 289 g/mol. The summed E-state index contributed by atoms with van der Waals surface area (Å²) in [6.07, 6.45) is -5.97. The Balaban J connectivity index is 2.76. The van der Waals surface area contributed by atoms with Crippen LogP contribution in [0.1, 0.15) is 16.8 Å². The molecular formula is C12H10F3NO4. The Morgan fingerprint density at radius 3 is 2.15 bits per heavy atom. The van der Waals surface area contributed by atoms with Gasteiger partial charge in [0.15, 0.2) is 5.78 Å². The highest BCUT2D eigenvalue weighted by molar-refractivity contribution is 5.99. The Kier molecular flexibility index (Phi) is 4.84. The van der Waals surface area contributed by atoms with Crippen LogP contribution in [0, 0.1) is 0 Å². The first-order valence-corrected chi connectivity index (χ1v) is 5.40. The van der Waals surface area contributed by atoms with Crippen molar-refractivity contribution in [3.63, 3.8) is 0 Å². The third kappa shape index (κ3) is 4.38. The summed E-state index contributed by atoms with van der Waals surface area (Å²) in [4.78, 5) is 33.2. The summed E-state index contributed by atoms with van der Waals surface area (Å²) in [5, 5.41) is 10.0. The standard InChI is InChI=1S/C12H10F3NO4/c13-12(14,15)11(20)16-8(10(18)19)6-9(17)7-4-2-1-3-5-7/h1-5,8H,6H2,(H,16,20)(H,18,19)/t8-/m0/s1. The number of benzene rings is 1. The van der Waals surface area contributed by atoms with E-state index < -0.39 is 36.3 Å². The number of alkyl halides is 3. The zero-order valence-corrected chi connectivity index (χ0v) is 9.98. The van der Waals surface area contributed by atoms with Crippen molar-refractivity contribution in [3.05, 3.63) is 35.9 Å². The van der Waals surface area contributed by atoms with E-state index in [2.05, 4.69) is 0 Å². The molecule has 1 amide bonds. The maximum absolute atomic E-state index is 12.0. The lowest BCUT2D eigenvalue weighted by Crippen LogP contribution is -2.47.